The summed E-state index contributed by atoms with van der Waals surface area (Å²) in [6, 6.07) is 6.12. The number of amides is 1. The predicted octanol–water partition coefficient (Wildman–Crippen LogP) is 3.31. The molecular weight excluding hydrogens is 338 g/mol. The van der Waals surface area contributed by atoms with Crippen molar-refractivity contribution in [3.63, 3.8) is 0 Å². The largest absolute Gasteiger partial charge is 0.338 e. The second-order valence-electron chi connectivity index (χ2n) is 7.68. The van der Waals surface area contributed by atoms with Gasteiger partial charge in [-0.2, -0.15) is 0 Å². The molecular formula is C21H25N5O. The fraction of sp³-hybridized carbons (Fsp3) is 0.429. The first-order valence-corrected chi connectivity index (χ1v) is 9.46. The van der Waals surface area contributed by atoms with Gasteiger partial charge in [-0.15, -0.1) is 10.2 Å². The number of aromatic nitrogens is 4. The van der Waals surface area contributed by atoms with Gasteiger partial charge in [0.2, 0.25) is 0 Å². The number of nitrogens with zero attached hydrogens (tertiary/aromatic N) is 5. The summed E-state index contributed by atoms with van der Waals surface area (Å²) in [6.45, 7) is 7.53. The Hall–Kier alpha value is -2.76. The molecule has 1 aliphatic rings. The van der Waals surface area contributed by atoms with Gasteiger partial charge in [0.05, 0.1) is 11.1 Å². The average molecular weight is 363 g/mol. The summed E-state index contributed by atoms with van der Waals surface area (Å²) in [7, 11) is 1.96. The number of rotatable bonds is 2. The normalized spacial score (nSPS) is 17.5. The van der Waals surface area contributed by atoms with E-state index in [4.69, 9.17) is 0 Å². The second-order valence-corrected chi connectivity index (χ2v) is 7.68. The molecule has 1 unspecified atom stereocenters. The summed E-state index contributed by atoms with van der Waals surface area (Å²) in [5, 5.41) is 9.20. The van der Waals surface area contributed by atoms with Crippen molar-refractivity contribution in [1.29, 1.82) is 0 Å². The van der Waals surface area contributed by atoms with Crippen LogP contribution in [0.2, 0.25) is 0 Å². The Balaban J connectivity index is 1.71. The number of pyridine rings is 1. The Morgan fingerprint density at radius 1 is 1.19 bits per heavy atom. The summed E-state index contributed by atoms with van der Waals surface area (Å²) < 4.78 is 1.96. The van der Waals surface area contributed by atoms with Gasteiger partial charge in [-0.25, -0.2) is 0 Å². The van der Waals surface area contributed by atoms with Gasteiger partial charge in [0.15, 0.2) is 0 Å². The summed E-state index contributed by atoms with van der Waals surface area (Å²) in [5.74, 6) is 1.27. The highest BCUT2D eigenvalue weighted by molar-refractivity contribution is 6.07. The van der Waals surface area contributed by atoms with Gasteiger partial charge in [-0.1, -0.05) is 11.6 Å². The maximum atomic E-state index is 13.4. The number of fused-ring (bicyclic) bond motifs is 1. The lowest BCUT2D eigenvalue weighted by molar-refractivity contribution is 0.0705. The maximum absolute atomic E-state index is 13.4. The molecule has 0 saturated carbocycles. The van der Waals surface area contributed by atoms with Gasteiger partial charge in [0.25, 0.3) is 5.91 Å². The monoisotopic (exact) mass is 363 g/mol. The van der Waals surface area contributed by atoms with Gasteiger partial charge >= 0.3 is 0 Å². The van der Waals surface area contributed by atoms with Crippen LogP contribution in [0, 0.1) is 20.8 Å². The van der Waals surface area contributed by atoms with Crippen LogP contribution in [0.5, 0.6) is 0 Å². The van der Waals surface area contributed by atoms with E-state index in [-0.39, 0.29) is 11.8 Å². The summed E-state index contributed by atoms with van der Waals surface area (Å²) in [4.78, 5) is 20.1. The number of benzene rings is 1. The molecule has 0 spiro atoms. The molecule has 0 N–H and O–H groups in total. The Morgan fingerprint density at radius 2 is 2.00 bits per heavy atom. The van der Waals surface area contributed by atoms with Crippen molar-refractivity contribution in [1.82, 2.24) is 24.6 Å². The molecule has 4 rings (SSSR count). The Labute approximate surface area is 159 Å². The van der Waals surface area contributed by atoms with Gasteiger partial charge < -0.3 is 9.47 Å². The number of hydrogen-bond donors (Lipinski definition) is 0. The Morgan fingerprint density at radius 3 is 2.74 bits per heavy atom. The highest BCUT2D eigenvalue weighted by Gasteiger charge is 2.29. The highest BCUT2D eigenvalue weighted by atomic mass is 16.2. The molecule has 6 heteroatoms. The molecule has 3 heterocycles. The first-order chi connectivity index (χ1) is 12.9. The lowest BCUT2D eigenvalue weighted by atomic mass is 9.95. The molecule has 6 nitrogen and oxygen atoms in total. The molecule has 1 amide bonds. The minimum absolute atomic E-state index is 0.0855. The quantitative estimate of drug-likeness (QED) is 0.701. The second kappa shape index (κ2) is 6.76. The number of carbonyl (C=O) groups is 1. The van der Waals surface area contributed by atoms with E-state index >= 15 is 0 Å². The molecule has 27 heavy (non-hydrogen) atoms. The zero-order valence-electron chi connectivity index (χ0n) is 16.4. The fourth-order valence-electron chi connectivity index (χ4n) is 4.19. The van der Waals surface area contributed by atoms with Crippen molar-refractivity contribution < 1.29 is 4.79 Å². The van der Waals surface area contributed by atoms with Crippen LogP contribution in [0.1, 0.15) is 51.8 Å². The van der Waals surface area contributed by atoms with E-state index in [1.54, 1.807) is 6.33 Å². The van der Waals surface area contributed by atoms with E-state index < -0.39 is 0 Å². The van der Waals surface area contributed by atoms with E-state index in [1.807, 2.05) is 29.5 Å². The standard InChI is InChI=1S/C21H25N5O/c1-13-8-14(2)19-17(9-13)18(10-15(3)23-19)21(27)26-7-5-6-16(11-26)20-24-22-12-25(20)4/h8-10,12,16H,5-7,11H2,1-4H3. The molecule has 140 valence electrons. The van der Waals surface area contributed by atoms with E-state index in [0.29, 0.717) is 6.54 Å². The zero-order valence-corrected chi connectivity index (χ0v) is 16.4. The molecule has 1 saturated heterocycles. The third kappa shape index (κ3) is 3.20. The minimum atomic E-state index is 0.0855. The molecule has 2 aromatic heterocycles. The Bertz CT molecular complexity index is 1020. The summed E-state index contributed by atoms with van der Waals surface area (Å²) in [6.07, 6.45) is 3.73. The van der Waals surface area contributed by atoms with Crippen LogP contribution in [0.4, 0.5) is 0 Å². The predicted molar refractivity (Wildman–Crippen MR) is 105 cm³/mol. The van der Waals surface area contributed by atoms with Crippen LogP contribution < -0.4 is 0 Å². The van der Waals surface area contributed by atoms with Crippen molar-refractivity contribution in [2.24, 2.45) is 7.05 Å². The lowest BCUT2D eigenvalue weighted by Gasteiger charge is -2.32. The van der Waals surface area contributed by atoms with E-state index in [0.717, 1.165) is 58.5 Å². The van der Waals surface area contributed by atoms with E-state index in [2.05, 4.69) is 41.2 Å². The molecule has 3 aromatic rings. The minimum Gasteiger partial charge on any atom is -0.338 e. The van der Waals surface area contributed by atoms with Gasteiger partial charge in [-0.05, 0) is 51.3 Å². The van der Waals surface area contributed by atoms with Crippen LogP contribution in [-0.2, 0) is 7.05 Å². The van der Waals surface area contributed by atoms with Crippen LogP contribution >= 0.6 is 0 Å². The van der Waals surface area contributed by atoms with E-state index in [9.17, 15) is 4.79 Å². The molecule has 0 bridgehead atoms. The maximum Gasteiger partial charge on any atom is 0.254 e. The highest BCUT2D eigenvalue weighted by Crippen LogP contribution is 2.29. The van der Waals surface area contributed by atoms with Crippen molar-refractivity contribution >= 4 is 16.8 Å². The van der Waals surface area contributed by atoms with Crippen LogP contribution in [0.25, 0.3) is 10.9 Å². The first kappa shape index (κ1) is 17.6. The van der Waals surface area contributed by atoms with Crippen molar-refractivity contribution in [3.05, 3.63) is 52.7 Å². The fourth-order valence-corrected chi connectivity index (χ4v) is 4.19. The topological polar surface area (TPSA) is 63.9 Å². The molecule has 0 radical (unpaired) electrons. The molecule has 1 fully saturated rings. The van der Waals surface area contributed by atoms with Gasteiger partial charge in [0.1, 0.15) is 12.2 Å². The lowest BCUT2D eigenvalue weighted by Crippen LogP contribution is -2.39. The average Bonchev–Trinajstić information content (AvgIpc) is 3.07. The molecule has 1 atom stereocenters. The van der Waals surface area contributed by atoms with Crippen LogP contribution in [-0.4, -0.2) is 43.6 Å². The number of carbonyl (C=O) groups excluding carboxylic acids is 1. The van der Waals surface area contributed by atoms with Crippen molar-refractivity contribution in [2.75, 3.05) is 13.1 Å². The SMILES string of the molecule is Cc1cc(C)c2nc(C)cc(C(=O)N3CCCC(c4nncn4C)C3)c2c1. The molecule has 1 aromatic carbocycles. The van der Waals surface area contributed by atoms with Gasteiger partial charge in [-0.3, -0.25) is 9.78 Å². The van der Waals surface area contributed by atoms with Crippen molar-refractivity contribution in [2.45, 2.75) is 39.5 Å². The number of hydrogen-bond acceptors (Lipinski definition) is 4. The molecule has 1 aliphatic heterocycles. The number of likely N-dealkylation sites (tertiary alicyclic amines) is 1. The third-order valence-electron chi connectivity index (χ3n) is 5.43. The Kier molecular flexibility index (Phi) is 4.42. The van der Waals surface area contributed by atoms with Crippen LogP contribution in [0.15, 0.2) is 24.5 Å². The first-order valence-electron chi connectivity index (χ1n) is 9.46. The third-order valence-corrected chi connectivity index (χ3v) is 5.43. The smallest absolute Gasteiger partial charge is 0.254 e. The molecule has 0 aliphatic carbocycles. The van der Waals surface area contributed by atoms with Crippen molar-refractivity contribution in [3.8, 4) is 0 Å². The van der Waals surface area contributed by atoms with Crippen LogP contribution in [0.3, 0.4) is 0 Å². The number of piperidine rings is 1. The number of aryl methyl sites for hydroxylation is 4. The summed E-state index contributed by atoms with van der Waals surface area (Å²) in [5.41, 5.74) is 4.81. The van der Waals surface area contributed by atoms with Gasteiger partial charge in [0, 0.05) is 37.1 Å². The zero-order chi connectivity index (χ0) is 19.1. The van der Waals surface area contributed by atoms with E-state index in [1.165, 1.54) is 0 Å². The summed E-state index contributed by atoms with van der Waals surface area (Å²) >= 11 is 0.